The zero-order valence-corrected chi connectivity index (χ0v) is 18.6. The summed E-state index contributed by atoms with van der Waals surface area (Å²) in [5.41, 5.74) is 1.42. The molecule has 0 radical (unpaired) electrons. The number of hydrogen-bond acceptors (Lipinski definition) is 6. The molecule has 1 aromatic carbocycles. The molecule has 1 N–H and O–H groups in total. The van der Waals surface area contributed by atoms with Crippen LogP contribution in [0, 0.1) is 5.82 Å². The van der Waals surface area contributed by atoms with Gasteiger partial charge in [-0.25, -0.2) is 19.4 Å². The summed E-state index contributed by atoms with van der Waals surface area (Å²) in [7, 11) is 0. The number of carbonyl (C=O) groups excluding carboxylic acids is 2. The van der Waals surface area contributed by atoms with E-state index in [0.29, 0.717) is 17.3 Å². The molecule has 0 aliphatic carbocycles. The van der Waals surface area contributed by atoms with Gasteiger partial charge in [-0.2, -0.15) is 14.9 Å². The average Bonchev–Trinajstić information content (AvgIpc) is 3.21. The summed E-state index contributed by atoms with van der Waals surface area (Å²) in [4.78, 5) is 33.8. The third-order valence-electron chi connectivity index (χ3n) is 5.07. The van der Waals surface area contributed by atoms with Crippen LogP contribution in [0.3, 0.4) is 0 Å². The van der Waals surface area contributed by atoms with E-state index in [4.69, 9.17) is 0 Å². The van der Waals surface area contributed by atoms with Gasteiger partial charge in [-0.05, 0) is 23.8 Å². The van der Waals surface area contributed by atoms with Crippen molar-refractivity contribution in [3.8, 4) is 5.95 Å². The second-order valence-corrected chi connectivity index (χ2v) is 8.70. The number of hydrazone groups is 1. The number of aromatic nitrogens is 4. The number of benzene rings is 1. The van der Waals surface area contributed by atoms with Gasteiger partial charge < -0.3 is 5.32 Å². The molecule has 0 bridgehead atoms. The largest absolute Gasteiger partial charge is 0.305 e. The molecule has 3 aromatic rings. The topological polar surface area (TPSA) is 105 Å². The second kappa shape index (κ2) is 8.89. The van der Waals surface area contributed by atoms with Crippen LogP contribution in [0.2, 0.25) is 0 Å². The quantitative estimate of drug-likeness (QED) is 0.644. The first-order valence-electron chi connectivity index (χ1n) is 10.5. The fourth-order valence-corrected chi connectivity index (χ4v) is 3.23. The number of hydrogen-bond donors (Lipinski definition) is 1. The number of nitrogens with one attached hydrogen (secondary N) is 1. The van der Waals surface area contributed by atoms with E-state index in [2.05, 4.69) is 25.5 Å². The third kappa shape index (κ3) is 5.11. The fourth-order valence-electron chi connectivity index (χ4n) is 3.23. The Labute approximate surface area is 190 Å². The maximum Gasteiger partial charge on any atom is 0.273 e. The van der Waals surface area contributed by atoms with Gasteiger partial charge in [0.2, 0.25) is 5.91 Å². The first-order valence-corrected chi connectivity index (χ1v) is 10.5. The molecule has 0 unspecified atom stereocenters. The SMILES string of the molecule is CC(C)(C)c1cc(NC(=O)C2=NN(Cc3ccc(F)cc3)C(=O)CC2)n(-c2ncccn2)n1. The molecule has 1 aliphatic rings. The van der Waals surface area contributed by atoms with Crippen molar-refractivity contribution in [1.82, 2.24) is 24.8 Å². The Hall–Kier alpha value is -3.95. The lowest BCUT2D eigenvalue weighted by atomic mass is 9.92. The summed E-state index contributed by atoms with van der Waals surface area (Å²) < 4.78 is 14.6. The van der Waals surface area contributed by atoms with E-state index in [0.717, 1.165) is 5.69 Å². The molecule has 1 aliphatic heterocycles. The molecule has 0 spiro atoms. The van der Waals surface area contributed by atoms with Gasteiger partial charge in [-0.1, -0.05) is 32.9 Å². The highest BCUT2D eigenvalue weighted by molar-refractivity contribution is 6.43. The Bertz CT molecular complexity index is 1200. The van der Waals surface area contributed by atoms with Crippen LogP contribution in [-0.4, -0.2) is 42.3 Å². The lowest BCUT2D eigenvalue weighted by Gasteiger charge is -2.23. The van der Waals surface area contributed by atoms with Crippen LogP contribution < -0.4 is 5.32 Å². The fraction of sp³-hybridized carbons (Fsp3) is 0.304. The van der Waals surface area contributed by atoms with Gasteiger partial charge in [-0.3, -0.25) is 9.59 Å². The normalized spacial score (nSPS) is 14.2. The van der Waals surface area contributed by atoms with Gasteiger partial charge in [0, 0.05) is 36.7 Å². The van der Waals surface area contributed by atoms with Gasteiger partial charge in [0.25, 0.3) is 11.9 Å². The zero-order chi connectivity index (χ0) is 23.6. The number of amides is 2. The summed E-state index contributed by atoms with van der Waals surface area (Å²) in [6.07, 6.45) is 3.56. The highest BCUT2D eigenvalue weighted by Gasteiger charge is 2.27. The minimum absolute atomic E-state index is 0.153. The van der Waals surface area contributed by atoms with Crippen LogP contribution in [-0.2, 0) is 21.5 Å². The Morgan fingerprint density at radius 1 is 1.12 bits per heavy atom. The van der Waals surface area contributed by atoms with Crippen molar-refractivity contribution in [2.24, 2.45) is 5.10 Å². The summed E-state index contributed by atoms with van der Waals surface area (Å²) >= 11 is 0. The molecule has 170 valence electrons. The van der Waals surface area contributed by atoms with Gasteiger partial charge in [0.05, 0.1) is 12.2 Å². The zero-order valence-electron chi connectivity index (χ0n) is 18.6. The second-order valence-electron chi connectivity index (χ2n) is 8.70. The molecule has 0 atom stereocenters. The number of anilines is 1. The summed E-state index contributed by atoms with van der Waals surface area (Å²) in [5.74, 6) is -0.276. The molecule has 0 saturated heterocycles. The lowest BCUT2D eigenvalue weighted by molar-refractivity contribution is -0.132. The molecular formula is C23H24FN7O2. The van der Waals surface area contributed by atoms with E-state index in [1.807, 2.05) is 20.8 Å². The highest BCUT2D eigenvalue weighted by atomic mass is 19.1. The molecule has 0 fully saturated rings. The minimum atomic E-state index is -0.441. The van der Waals surface area contributed by atoms with E-state index in [-0.39, 0.29) is 42.2 Å². The van der Waals surface area contributed by atoms with E-state index in [1.54, 1.807) is 36.7 Å². The van der Waals surface area contributed by atoms with Crippen molar-refractivity contribution < 1.29 is 14.0 Å². The molecule has 2 aromatic heterocycles. The van der Waals surface area contributed by atoms with E-state index in [1.165, 1.54) is 21.8 Å². The van der Waals surface area contributed by atoms with E-state index >= 15 is 0 Å². The Morgan fingerprint density at radius 2 is 1.82 bits per heavy atom. The number of rotatable bonds is 5. The molecule has 10 heteroatoms. The smallest absolute Gasteiger partial charge is 0.273 e. The van der Waals surface area contributed by atoms with Crippen molar-refractivity contribution in [1.29, 1.82) is 0 Å². The van der Waals surface area contributed by atoms with Gasteiger partial charge in [0.1, 0.15) is 17.3 Å². The van der Waals surface area contributed by atoms with Crippen LogP contribution in [0.5, 0.6) is 0 Å². The van der Waals surface area contributed by atoms with Crippen molar-refractivity contribution in [2.45, 2.75) is 45.6 Å². The first-order chi connectivity index (χ1) is 15.7. The molecule has 3 heterocycles. The predicted molar refractivity (Wildman–Crippen MR) is 120 cm³/mol. The Morgan fingerprint density at radius 3 is 2.48 bits per heavy atom. The summed E-state index contributed by atoms with van der Waals surface area (Å²) in [6, 6.07) is 9.28. The van der Waals surface area contributed by atoms with Crippen molar-refractivity contribution >= 4 is 23.3 Å². The Kier molecular flexibility index (Phi) is 5.99. The standard InChI is InChI=1S/C23H24FN7O2/c1-23(2,3)18-13-19(31(29-18)22-25-11-4-12-26-22)27-21(33)17-9-10-20(32)30(28-17)14-15-5-7-16(24)8-6-15/h4-8,11-13H,9-10,14H2,1-3H3,(H,27,33). The predicted octanol–water partition coefficient (Wildman–Crippen LogP) is 3.22. The van der Waals surface area contributed by atoms with Crippen LogP contribution in [0.1, 0.15) is 44.9 Å². The third-order valence-corrected chi connectivity index (χ3v) is 5.07. The maximum atomic E-state index is 13.2. The number of carbonyl (C=O) groups is 2. The molecule has 2 amide bonds. The van der Waals surface area contributed by atoms with Crippen molar-refractivity contribution in [3.63, 3.8) is 0 Å². The van der Waals surface area contributed by atoms with Crippen molar-refractivity contribution in [2.75, 3.05) is 5.32 Å². The van der Waals surface area contributed by atoms with Gasteiger partial charge in [-0.15, -0.1) is 0 Å². The minimum Gasteiger partial charge on any atom is -0.305 e. The summed E-state index contributed by atoms with van der Waals surface area (Å²) in [5, 5.41) is 12.9. The number of nitrogens with zero attached hydrogens (tertiary/aromatic N) is 6. The Balaban J connectivity index is 1.59. The maximum absolute atomic E-state index is 13.2. The van der Waals surface area contributed by atoms with Gasteiger partial charge >= 0.3 is 0 Å². The average molecular weight is 449 g/mol. The molecular weight excluding hydrogens is 425 g/mol. The van der Waals surface area contributed by atoms with Crippen LogP contribution in [0.25, 0.3) is 5.95 Å². The lowest BCUT2D eigenvalue weighted by Crippen LogP contribution is -2.36. The van der Waals surface area contributed by atoms with Crippen LogP contribution in [0.4, 0.5) is 10.2 Å². The monoisotopic (exact) mass is 449 g/mol. The summed E-state index contributed by atoms with van der Waals surface area (Å²) in [6.45, 7) is 6.20. The molecule has 4 rings (SSSR count). The first kappa shape index (κ1) is 22.3. The van der Waals surface area contributed by atoms with Gasteiger partial charge in [0.15, 0.2) is 0 Å². The highest BCUT2D eigenvalue weighted by Crippen LogP contribution is 2.25. The molecule has 33 heavy (non-hydrogen) atoms. The van der Waals surface area contributed by atoms with E-state index < -0.39 is 5.91 Å². The number of halogens is 1. The molecule has 0 saturated carbocycles. The van der Waals surface area contributed by atoms with Crippen LogP contribution in [0.15, 0.2) is 53.9 Å². The van der Waals surface area contributed by atoms with Crippen molar-refractivity contribution in [3.05, 3.63) is 65.9 Å². The molecule has 9 nitrogen and oxygen atoms in total. The van der Waals surface area contributed by atoms with E-state index in [9.17, 15) is 14.0 Å². The van der Waals surface area contributed by atoms with Crippen LogP contribution >= 0.6 is 0 Å².